The van der Waals surface area contributed by atoms with Crippen molar-refractivity contribution >= 4 is 0 Å². The topological polar surface area (TPSA) is 47.0 Å². The molecule has 0 fully saturated rings. The van der Waals surface area contributed by atoms with E-state index in [9.17, 15) is 0 Å². The Morgan fingerprint density at radius 2 is 2.18 bits per heavy atom. The molecule has 0 aromatic carbocycles. The lowest BCUT2D eigenvalue weighted by atomic mass is 10.1. The van der Waals surface area contributed by atoms with Crippen LogP contribution in [0.2, 0.25) is 0 Å². The highest BCUT2D eigenvalue weighted by atomic mass is 16.5. The van der Waals surface area contributed by atoms with Crippen LogP contribution in [-0.4, -0.2) is 29.7 Å². The van der Waals surface area contributed by atoms with E-state index in [0.717, 1.165) is 31.6 Å². The van der Waals surface area contributed by atoms with E-state index < -0.39 is 0 Å². The second-order valence-corrected chi connectivity index (χ2v) is 4.16. The Hall–Kier alpha value is -1.16. The fourth-order valence-corrected chi connectivity index (χ4v) is 1.79. The van der Waals surface area contributed by atoms with E-state index >= 15 is 0 Å². The van der Waals surface area contributed by atoms with Gasteiger partial charge in [0.1, 0.15) is 5.82 Å². The van der Waals surface area contributed by atoms with Gasteiger partial charge in [0.15, 0.2) is 0 Å². The van der Waals surface area contributed by atoms with E-state index in [1.54, 1.807) is 19.4 Å². The molecule has 96 valence electrons. The average Bonchev–Trinajstić information content (AvgIpc) is 2.36. The van der Waals surface area contributed by atoms with Gasteiger partial charge in [-0.15, -0.1) is 0 Å². The second kappa shape index (κ2) is 8.01. The van der Waals surface area contributed by atoms with Crippen molar-refractivity contribution in [3.05, 3.63) is 18.1 Å². The molecule has 1 rings (SSSR count). The zero-order valence-electron chi connectivity index (χ0n) is 11.1. The van der Waals surface area contributed by atoms with Gasteiger partial charge in [0.25, 0.3) is 0 Å². The summed E-state index contributed by atoms with van der Waals surface area (Å²) >= 11 is 0. The summed E-state index contributed by atoms with van der Waals surface area (Å²) in [6.45, 7) is 5.43. The van der Waals surface area contributed by atoms with Gasteiger partial charge >= 0.3 is 0 Å². The molecular weight excluding hydrogens is 214 g/mol. The largest absolute Gasteiger partial charge is 0.481 e. The van der Waals surface area contributed by atoms with E-state index in [1.165, 1.54) is 6.42 Å². The number of methoxy groups -OCH3 is 1. The SMILES string of the molecule is CCCNC(CCC)Cc1nccc(OC)n1. The number of rotatable bonds is 8. The molecule has 1 aromatic heterocycles. The fraction of sp³-hybridized carbons (Fsp3) is 0.692. The summed E-state index contributed by atoms with van der Waals surface area (Å²) in [5.74, 6) is 1.49. The van der Waals surface area contributed by atoms with Gasteiger partial charge in [-0.3, -0.25) is 0 Å². The molecule has 1 N–H and O–H groups in total. The second-order valence-electron chi connectivity index (χ2n) is 4.16. The first-order valence-corrected chi connectivity index (χ1v) is 6.39. The van der Waals surface area contributed by atoms with Gasteiger partial charge in [-0.1, -0.05) is 20.3 Å². The fourth-order valence-electron chi connectivity index (χ4n) is 1.79. The number of nitrogens with one attached hydrogen (secondary N) is 1. The molecule has 0 aliphatic rings. The van der Waals surface area contributed by atoms with Crippen molar-refractivity contribution in [1.82, 2.24) is 15.3 Å². The van der Waals surface area contributed by atoms with Crippen molar-refractivity contribution < 1.29 is 4.74 Å². The number of ether oxygens (including phenoxy) is 1. The molecule has 4 nitrogen and oxygen atoms in total. The first-order valence-electron chi connectivity index (χ1n) is 6.39. The highest BCUT2D eigenvalue weighted by Gasteiger charge is 2.10. The molecule has 1 aromatic rings. The normalized spacial score (nSPS) is 12.4. The van der Waals surface area contributed by atoms with Crippen LogP contribution in [0.1, 0.15) is 38.9 Å². The average molecular weight is 237 g/mol. The Morgan fingerprint density at radius 3 is 2.82 bits per heavy atom. The lowest BCUT2D eigenvalue weighted by Crippen LogP contribution is -2.32. The molecule has 0 amide bonds. The summed E-state index contributed by atoms with van der Waals surface area (Å²) in [7, 11) is 1.63. The third-order valence-electron chi connectivity index (χ3n) is 2.64. The zero-order valence-corrected chi connectivity index (χ0v) is 11.1. The van der Waals surface area contributed by atoms with Gasteiger partial charge in [0.05, 0.1) is 7.11 Å². The van der Waals surface area contributed by atoms with E-state index in [1.807, 2.05) is 0 Å². The third-order valence-corrected chi connectivity index (χ3v) is 2.64. The minimum Gasteiger partial charge on any atom is -0.481 e. The number of hydrogen-bond acceptors (Lipinski definition) is 4. The molecule has 0 aliphatic heterocycles. The van der Waals surface area contributed by atoms with Crippen molar-refractivity contribution in [3.63, 3.8) is 0 Å². The van der Waals surface area contributed by atoms with Gasteiger partial charge in [-0.2, -0.15) is 4.98 Å². The molecule has 4 heteroatoms. The van der Waals surface area contributed by atoms with Gasteiger partial charge in [-0.25, -0.2) is 4.98 Å². The third kappa shape index (κ3) is 5.13. The van der Waals surface area contributed by atoms with Crippen molar-refractivity contribution in [1.29, 1.82) is 0 Å². The molecule has 1 unspecified atom stereocenters. The van der Waals surface area contributed by atoms with Crippen LogP contribution in [0.15, 0.2) is 12.3 Å². The minimum atomic E-state index is 0.465. The summed E-state index contributed by atoms with van der Waals surface area (Å²) in [5.41, 5.74) is 0. The monoisotopic (exact) mass is 237 g/mol. The van der Waals surface area contributed by atoms with Crippen molar-refractivity contribution in [2.75, 3.05) is 13.7 Å². The quantitative estimate of drug-likeness (QED) is 0.753. The predicted octanol–water partition coefficient (Wildman–Crippen LogP) is 2.20. The zero-order chi connectivity index (χ0) is 12.5. The Bertz CT molecular complexity index is 317. The molecule has 0 saturated carbocycles. The minimum absolute atomic E-state index is 0.465. The Kier molecular flexibility index (Phi) is 6.55. The van der Waals surface area contributed by atoms with Crippen molar-refractivity contribution in [3.8, 4) is 5.88 Å². The summed E-state index contributed by atoms with van der Waals surface area (Å²) < 4.78 is 5.11. The van der Waals surface area contributed by atoms with Gasteiger partial charge in [0.2, 0.25) is 5.88 Å². The summed E-state index contributed by atoms with van der Waals surface area (Å²) in [5, 5.41) is 3.54. The van der Waals surface area contributed by atoms with Crippen molar-refractivity contribution in [2.24, 2.45) is 0 Å². The van der Waals surface area contributed by atoms with E-state index in [0.29, 0.717) is 11.9 Å². The summed E-state index contributed by atoms with van der Waals surface area (Å²) in [4.78, 5) is 8.63. The molecular formula is C13H23N3O. The molecule has 0 aliphatic carbocycles. The van der Waals surface area contributed by atoms with E-state index in [4.69, 9.17) is 4.74 Å². The molecule has 0 bridgehead atoms. The Balaban J connectivity index is 2.57. The first kappa shape index (κ1) is 13.9. The van der Waals surface area contributed by atoms with Crippen LogP contribution < -0.4 is 10.1 Å². The number of aromatic nitrogens is 2. The summed E-state index contributed by atoms with van der Waals surface area (Å²) in [6, 6.07) is 2.24. The highest BCUT2D eigenvalue weighted by molar-refractivity contribution is 5.08. The molecule has 0 radical (unpaired) electrons. The molecule has 17 heavy (non-hydrogen) atoms. The van der Waals surface area contributed by atoms with Crippen LogP contribution >= 0.6 is 0 Å². The maximum atomic E-state index is 5.11. The maximum Gasteiger partial charge on any atom is 0.216 e. The van der Waals surface area contributed by atoms with Crippen LogP contribution in [0.4, 0.5) is 0 Å². The Morgan fingerprint density at radius 1 is 1.35 bits per heavy atom. The van der Waals surface area contributed by atoms with Gasteiger partial charge < -0.3 is 10.1 Å². The van der Waals surface area contributed by atoms with Crippen molar-refractivity contribution in [2.45, 2.75) is 45.6 Å². The van der Waals surface area contributed by atoms with Crippen LogP contribution in [0.3, 0.4) is 0 Å². The molecule has 0 spiro atoms. The lowest BCUT2D eigenvalue weighted by molar-refractivity contribution is 0.391. The van der Waals surface area contributed by atoms with E-state index in [-0.39, 0.29) is 0 Å². The number of nitrogens with zero attached hydrogens (tertiary/aromatic N) is 2. The number of hydrogen-bond donors (Lipinski definition) is 1. The first-order chi connectivity index (χ1) is 8.30. The lowest BCUT2D eigenvalue weighted by Gasteiger charge is -2.16. The van der Waals surface area contributed by atoms with Gasteiger partial charge in [0, 0.05) is 24.7 Å². The summed E-state index contributed by atoms with van der Waals surface area (Å²) in [6.07, 6.45) is 6.10. The smallest absolute Gasteiger partial charge is 0.216 e. The van der Waals surface area contributed by atoms with E-state index in [2.05, 4.69) is 29.1 Å². The molecule has 1 atom stereocenters. The van der Waals surface area contributed by atoms with Crippen LogP contribution in [-0.2, 0) is 6.42 Å². The Labute approximate surface area is 104 Å². The van der Waals surface area contributed by atoms with Gasteiger partial charge in [-0.05, 0) is 19.4 Å². The highest BCUT2D eigenvalue weighted by Crippen LogP contribution is 2.08. The standard InChI is InChI=1S/C13H23N3O/c1-4-6-11(14-8-5-2)10-12-15-9-7-13(16-12)17-3/h7,9,11,14H,4-6,8,10H2,1-3H3. The van der Waals surface area contributed by atoms with Crippen LogP contribution in [0.5, 0.6) is 5.88 Å². The maximum absolute atomic E-state index is 5.11. The predicted molar refractivity (Wildman–Crippen MR) is 69.3 cm³/mol. The molecule has 0 saturated heterocycles. The molecule has 1 heterocycles. The van der Waals surface area contributed by atoms with Crippen LogP contribution in [0.25, 0.3) is 0 Å². The van der Waals surface area contributed by atoms with Crippen LogP contribution in [0, 0.1) is 0 Å².